The molecule has 25 heavy (non-hydrogen) atoms. The first kappa shape index (κ1) is 17.9. The van der Waals surface area contributed by atoms with Gasteiger partial charge in [0.25, 0.3) is 5.56 Å². The van der Waals surface area contributed by atoms with Crippen LogP contribution in [-0.2, 0) is 6.54 Å². The van der Waals surface area contributed by atoms with Crippen LogP contribution in [0.4, 0.5) is 5.69 Å². The average molecular weight is 359 g/mol. The highest BCUT2D eigenvalue weighted by Crippen LogP contribution is 2.34. The summed E-state index contributed by atoms with van der Waals surface area (Å²) in [6.45, 7) is 2.97. The molecule has 0 unspecified atom stereocenters. The van der Waals surface area contributed by atoms with Gasteiger partial charge in [-0.05, 0) is 12.5 Å². The van der Waals surface area contributed by atoms with Gasteiger partial charge in [-0.15, -0.1) is 11.3 Å². The zero-order chi connectivity index (χ0) is 17.8. The zero-order valence-electron chi connectivity index (χ0n) is 15.3. The first-order valence-electron chi connectivity index (χ1n) is 9.07. The minimum Gasteiger partial charge on any atom is -0.377 e. The van der Waals surface area contributed by atoms with Crippen molar-refractivity contribution < 1.29 is 0 Å². The molecule has 3 aromatic rings. The van der Waals surface area contributed by atoms with Crippen LogP contribution < -0.4 is 10.5 Å². The summed E-state index contributed by atoms with van der Waals surface area (Å²) >= 11 is 1.45. The molecule has 134 valence electrons. The van der Waals surface area contributed by atoms with Crippen molar-refractivity contribution in [3.63, 3.8) is 0 Å². The van der Waals surface area contributed by atoms with Crippen molar-refractivity contribution in [2.75, 3.05) is 19.0 Å². The largest absolute Gasteiger partial charge is 0.377 e. The van der Waals surface area contributed by atoms with Gasteiger partial charge < -0.3 is 4.90 Å². The van der Waals surface area contributed by atoms with Crippen molar-refractivity contribution in [1.29, 1.82) is 0 Å². The molecule has 0 saturated carbocycles. The van der Waals surface area contributed by atoms with Crippen molar-refractivity contribution in [2.45, 2.75) is 52.0 Å². The van der Waals surface area contributed by atoms with Gasteiger partial charge in [0.1, 0.15) is 9.53 Å². The maximum Gasteiger partial charge on any atom is 0.271 e. The zero-order valence-corrected chi connectivity index (χ0v) is 16.1. The summed E-state index contributed by atoms with van der Waals surface area (Å²) in [6.07, 6.45) is 10.8. The third kappa shape index (κ3) is 3.68. The number of pyridine rings is 1. The summed E-state index contributed by atoms with van der Waals surface area (Å²) in [6, 6.07) is 1.97. The van der Waals surface area contributed by atoms with Gasteiger partial charge in [0.15, 0.2) is 0 Å². The number of nitrogens with zero attached hydrogens (tertiary/aromatic N) is 4. The van der Waals surface area contributed by atoms with E-state index < -0.39 is 0 Å². The van der Waals surface area contributed by atoms with E-state index in [1.807, 2.05) is 25.1 Å². The number of anilines is 1. The van der Waals surface area contributed by atoms with E-state index in [1.54, 1.807) is 17.1 Å². The molecule has 0 atom stereocenters. The summed E-state index contributed by atoms with van der Waals surface area (Å²) in [4.78, 5) is 24.8. The van der Waals surface area contributed by atoms with Crippen LogP contribution in [0.3, 0.4) is 0 Å². The maximum atomic E-state index is 12.8. The molecule has 6 heteroatoms. The molecule has 0 spiro atoms. The molecule has 3 aromatic heterocycles. The lowest BCUT2D eigenvalue weighted by Crippen LogP contribution is -2.19. The summed E-state index contributed by atoms with van der Waals surface area (Å²) in [5, 5.41) is 0.983. The predicted molar refractivity (Wildman–Crippen MR) is 107 cm³/mol. The maximum absolute atomic E-state index is 12.8. The standard InChI is InChI=1S/C19H26N4OS/c1-4-5-6-7-8-9-12-23-13-21-16-15-14(22(2)3)10-11-20-18(15)25-17(16)19(23)24/h10-11,13H,4-9,12H2,1-3H3. The van der Waals surface area contributed by atoms with Crippen LogP contribution in [0, 0.1) is 0 Å². The topological polar surface area (TPSA) is 51.0 Å². The van der Waals surface area contributed by atoms with E-state index >= 15 is 0 Å². The Bertz CT molecular complexity index is 913. The minimum absolute atomic E-state index is 0.0614. The van der Waals surface area contributed by atoms with Gasteiger partial charge in [-0.2, -0.15) is 0 Å². The van der Waals surface area contributed by atoms with Crippen LogP contribution in [-0.4, -0.2) is 28.6 Å². The van der Waals surface area contributed by atoms with E-state index in [0.717, 1.165) is 34.4 Å². The van der Waals surface area contributed by atoms with Crippen LogP contribution in [0.2, 0.25) is 0 Å². The molecule has 0 N–H and O–H groups in total. The third-order valence-electron chi connectivity index (χ3n) is 4.56. The van der Waals surface area contributed by atoms with Crippen LogP contribution in [0.1, 0.15) is 45.4 Å². The van der Waals surface area contributed by atoms with E-state index in [2.05, 4.69) is 16.9 Å². The van der Waals surface area contributed by atoms with Crippen LogP contribution in [0.5, 0.6) is 0 Å². The Kier molecular flexibility index (Phi) is 5.68. The average Bonchev–Trinajstić information content (AvgIpc) is 2.99. The molecule has 0 aromatic carbocycles. The smallest absolute Gasteiger partial charge is 0.271 e. The fraction of sp³-hybridized carbons (Fsp3) is 0.526. The molecular weight excluding hydrogens is 332 g/mol. The molecule has 0 bridgehead atoms. The SMILES string of the molecule is CCCCCCCCn1cnc2c(sc3nccc(N(C)C)c32)c1=O. The Morgan fingerprint density at radius 2 is 1.88 bits per heavy atom. The highest BCUT2D eigenvalue weighted by atomic mass is 32.1. The molecule has 0 saturated heterocycles. The van der Waals surface area contributed by atoms with Gasteiger partial charge in [-0.3, -0.25) is 9.36 Å². The fourth-order valence-corrected chi connectivity index (χ4v) is 4.23. The second-order valence-corrected chi connectivity index (χ2v) is 7.69. The highest BCUT2D eigenvalue weighted by molar-refractivity contribution is 7.25. The monoisotopic (exact) mass is 358 g/mol. The van der Waals surface area contributed by atoms with Crippen LogP contribution in [0.25, 0.3) is 20.4 Å². The highest BCUT2D eigenvalue weighted by Gasteiger charge is 2.16. The van der Waals surface area contributed by atoms with Crippen LogP contribution >= 0.6 is 11.3 Å². The molecule has 5 nitrogen and oxygen atoms in total. The normalized spacial score (nSPS) is 11.5. The second kappa shape index (κ2) is 7.95. The molecule has 0 aliphatic heterocycles. The van der Waals surface area contributed by atoms with Crippen LogP contribution in [0.15, 0.2) is 23.4 Å². The van der Waals surface area contributed by atoms with E-state index in [4.69, 9.17) is 0 Å². The lowest BCUT2D eigenvalue weighted by Gasteiger charge is -2.13. The molecule has 0 aliphatic carbocycles. The molecule has 3 heterocycles. The molecule has 0 amide bonds. The van der Waals surface area contributed by atoms with Gasteiger partial charge in [0.2, 0.25) is 0 Å². The Hall–Kier alpha value is -1.95. The van der Waals surface area contributed by atoms with Gasteiger partial charge >= 0.3 is 0 Å². The first-order valence-corrected chi connectivity index (χ1v) is 9.89. The van der Waals surface area contributed by atoms with Crippen molar-refractivity contribution in [2.24, 2.45) is 0 Å². The number of aryl methyl sites for hydroxylation is 1. The number of rotatable bonds is 8. The number of aromatic nitrogens is 3. The number of unbranched alkanes of at least 4 members (excludes halogenated alkanes) is 5. The lowest BCUT2D eigenvalue weighted by molar-refractivity contribution is 0.548. The summed E-state index contributed by atoms with van der Waals surface area (Å²) in [5.41, 5.74) is 1.89. The Balaban J connectivity index is 1.87. The van der Waals surface area contributed by atoms with E-state index in [1.165, 1.54) is 43.4 Å². The Morgan fingerprint density at radius 1 is 1.12 bits per heavy atom. The predicted octanol–water partition coefficient (Wildman–Crippen LogP) is 4.43. The number of fused-ring (bicyclic) bond motifs is 3. The van der Waals surface area contributed by atoms with Crippen molar-refractivity contribution in [3.8, 4) is 0 Å². The van der Waals surface area contributed by atoms with Gasteiger partial charge in [-0.1, -0.05) is 39.0 Å². The molecular formula is C19H26N4OS. The molecule has 0 fully saturated rings. The number of hydrogen-bond donors (Lipinski definition) is 0. The molecule has 0 radical (unpaired) electrons. The minimum atomic E-state index is 0.0614. The Labute approximate surface area is 152 Å². The van der Waals surface area contributed by atoms with E-state index in [9.17, 15) is 4.79 Å². The summed E-state index contributed by atoms with van der Waals surface area (Å²) in [7, 11) is 4.00. The summed E-state index contributed by atoms with van der Waals surface area (Å²) < 4.78 is 2.47. The molecule has 3 rings (SSSR count). The van der Waals surface area contributed by atoms with Gasteiger partial charge in [0.05, 0.1) is 22.9 Å². The van der Waals surface area contributed by atoms with E-state index in [0.29, 0.717) is 4.70 Å². The number of hydrogen-bond acceptors (Lipinski definition) is 5. The van der Waals surface area contributed by atoms with Crippen molar-refractivity contribution in [3.05, 3.63) is 28.9 Å². The van der Waals surface area contributed by atoms with Gasteiger partial charge in [-0.25, -0.2) is 9.97 Å². The fourth-order valence-electron chi connectivity index (χ4n) is 3.16. The lowest BCUT2D eigenvalue weighted by atomic mass is 10.1. The molecule has 0 aliphatic rings. The Morgan fingerprint density at radius 3 is 2.64 bits per heavy atom. The second-order valence-electron chi connectivity index (χ2n) is 6.70. The quantitative estimate of drug-likeness (QED) is 0.559. The van der Waals surface area contributed by atoms with Crippen molar-refractivity contribution >= 4 is 37.5 Å². The number of thiophene rings is 1. The third-order valence-corrected chi connectivity index (χ3v) is 5.64. The summed E-state index contributed by atoms with van der Waals surface area (Å²) in [5.74, 6) is 0. The van der Waals surface area contributed by atoms with Crippen molar-refractivity contribution in [1.82, 2.24) is 14.5 Å². The van der Waals surface area contributed by atoms with Gasteiger partial charge in [0, 0.05) is 26.8 Å². The van der Waals surface area contributed by atoms with E-state index in [-0.39, 0.29) is 5.56 Å². The first-order chi connectivity index (χ1) is 12.1.